The number of fused-ring (bicyclic) bond motifs is 1. The van der Waals surface area contributed by atoms with E-state index in [0.29, 0.717) is 11.8 Å². The third-order valence-electron chi connectivity index (χ3n) is 1.74. The van der Waals surface area contributed by atoms with Gasteiger partial charge in [0, 0.05) is 11.6 Å². The van der Waals surface area contributed by atoms with Gasteiger partial charge in [-0.25, -0.2) is 0 Å². The average molecular weight is 160 g/mol. The number of methoxy groups -OCH3 is 1. The molecule has 0 amide bonds. The van der Waals surface area contributed by atoms with Crippen LogP contribution >= 0.6 is 0 Å². The molecular weight excluding hydrogens is 150 g/mol. The van der Waals surface area contributed by atoms with Crippen LogP contribution in [0.4, 0.5) is 0 Å². The predicted octanol–water partition coefficient (Wildman–Crippen LogP) is 2.24. The van der Waals surface area contributed by atoms with Gasteiger partial charge in [-0.3, -0.25) is 4.98 Å². The first-order chi connectivity index (χ1) is 6.33. The number of ether oxygens (including phenoxy) is 1. The first-order valence-corrected chi connectivity index (χ1v) is 3.71. The van der Waals surface area contributed by atoms with Crippen molar-refractivity contribution in [3.05, 3.63) is 36.5 Å². The fourth-order valence-corrected chi connectivity index (χ4v) is 1.18. The smallest absolute Gasteiger partial charge is 0.145 e. The molecule has 60 valence electrons. The standard InChI is InChI=1S/C10H9NO/c1-12-9-6-2-4-8-5-3-7-11-10(8)9/h2-7H,1H3/i5D. The molecule has 2 nitrogen and oxygen atoms in total. The van der Waals surface area contributed by atoms with Gasteiger partial charge in [0.05, 0.1) is 8.48 Å². The highest BCUT2D eigenvalue weighted by atomic mass is 16.5. The van der Waals surface area contributed by atoms with E-state index >= 15 is 0 Å². The molecule has 0 atom stereocenters. The van der Waals surface area contributed by atoms with E-state index in [0.717, 1.165) is 10.9 Å². The van der Waals surface area contributed by atoms with Crippen LogP contribution < -0.4 is 4.74 Å². The number of rotatable bonds is 1. The Kier molecular flexibility index (Phi) is 1.41. The van der Waals surface area contributed by atoms with E-state index in [1.807, 2.05) is 18.2 Å². The Labute approximate surface area is 72.2 Å². The molecule has 0 bridgehead atoms. The summed E-state index contributed by atoms with van der Waals surface area (Å²) in [6.07, 6.45) is 1.62. The summed E-state index contributed by atoms with van der Waals surface area (Å²) in [7, 11) is 1.60. The van der Waals surface area contributed by atoms with Gasteiger partial charge in [-0.2, -0.15) is 0 Å². The molecule has 0 aliphatic rings. The maximum atomic E-state index is 7.64. The van der Waals surface area contributed by atoms with Crippen LogP contribution in [0.25, 0.3) is 10.9 Å². The molecule has 12 heavy (non-hydrogen) atoms. The lowest BCUT2D eigenvalue weighted by molar-refractivity contribution is 0.419. The molecule has 2 heteroatoms. The summed E-state index contributed by atoms with van der Waals surface area (Å²) in [5, 5.41) is 0.821. The first kappa shape index (κ1) is 6.00. The summed E-state index contributed by atoms with van der Waals surface area (Å²) in [5.41, 5.74) is 0.748. The van der Waals surface area contributed by atoms with Crippen molar-refractivity contribution >= 4 is 10.9 Å². The highest BCUT2D eigenvalue weighted by Gasteiger charge is 1.98. The van der Waals surface area contributed by atoms with Crippen molar-refractivity contribution in [1.82, 2.24) is 4.98 Å². The molecule has 0 aliphatic heterocycles. The van der Waals surface area contributed by atoms with Crippen molar-refractivity contribution in [2.24, 2.45) is 0 Å². The quantitative estimate of drug-likeness (QED) is 0.638. The number of pyridine rings is 1. The molecule has 0 saturated carbocycles. The maximum absolute atomic E-state index is 7.64. The maximum Gasteiger partial charge on any atom is 0.145 e. The predicted molar refractivity (Wildman–Crippen MR) is 48.3 cm³/mol. The largest absolute Gasteiger partial charge is 0.494 e. The Morgan fingerprint density at radius 1 is 1.42 bits per heavy atom. The highest BCUT2D eigenvalue weighted by Crippen LogP contribution is 2.21. The molecule has 2 rings (SSSR count). The van der Waals surface area contributed by atoms with Crippen molar-refractivity contribution in [1.29, 1.82) is 0 Å². The van der Waals surface area contributed by atoms with Gasteiger partial charge in [0.25, 0.3) is 0 Å². The van der Waals surface area contributed by atoms with Crippen LogP contribution in [0.2, 0.25) is 0 Å². The Balaban J connectivity index is 2.84. The zero-order valence-corrected chi connectivity index (χ0v) is 6.74. The van der Waals surface area contributed by atoms with Gasteiger partial charge < -0.3 is 4.74 Å². The lowest BCUT2D eigenvalue weighted by Crippen LogP contribution is -1.85. The number of aromatic nitrogens is 1. The fourth-order valence-electron chi connectivity index (χ4n) is 1.18. The minimum absolute atomic E-state index is 0.476. The average Bonchev–Trinajstić information content (AvgIpc) is 2.18. The molecule has 0 spiro atoms. The van der Waals surface area contributed by atoms with E-state index in [2.05, 4.69) is 4.98 Å². The molecule has 1 aromatic carbocycles. The lowest BCUT2D eigenvalue weighted by Gasteiger charge is -2.02. The van der Waals surface area contributed by atoms with Gasteiger partial charge in [0.1, 0.15) is 11.3 Å². The van der Waals surface area contributed by atoms with Gasteiger partial charge in [0.2, 0.25) is 0 Å². The molecule has 0 unspecified atom stereocenters. The van der Waals surface area contributed by atoms with Crippen molar-refractivity contribution in [2.45, 2.75) is 0 Å². The number of nitrogens with zero attached hydrogens (tertiary/aromatic N) is 1. The van der Waals surface area contributed by atoms with E-state index in [1.54, 1.807) is 19.4 Å². The van der Waals surface area contributed by atoms with Crippen molar-refractivity contribution in [3.63, 3.8) is 0 Å². The van der Waals surface area contributed by atoms with E-state index in [-0.39, 0.29) is 0 Å². The molecule has 0 aliphatic carbocycles. The molecule has 1 aromatic heterocycles. The topological polar surface area (TPSA) is 22.1 Å². The highest BCUT2D eigenvalue weighted by molar-refractivity contribution is 5.84. The van der Waals surface area contributed by atoms with Gasteiger partial charge in [-0.05, 0) is 12.1 Å². The Morgan fingerprint density at radius 2 is 2.33 bits per heavy atom. The van der Waals surface area contributed by atoms with Gasteiger partial charge in [-0.15, -0.1) is 0 Å². The first-order valence-electron chi connectivity index (χ1n) is 4.21. The van der Waals surface area contributed by atoms with Gasteiger partial charge in [0.15, 0.2) is 0 Å². The van der Waals surface area contributed by atoms with Crippen molar-refractivity contribution in [2.75, 3.05) is 7.11 Å². The van der Waals surface area contributed by atoms with Crippen LogP contribution in [0.5, 0.6) is 5.75 Å². The van der Waals surface area contributed by atoms with E-state index in [9.17, 15) is 0 Å². The van der Waals surface area contributed by atoms with Crippen LogP contribution in [-0.2, 0) is 0 Å². The summed E-state index contributed by atoms with van der Waals surface area (Å²) >= 11 is 0. The summed E-state index contributed by atoms with van der Waals surface area (Å²) in [6, 6.07) is 7.72. The minimum atomic E-state index is 0.476. The number of hydrogen-bond donors (Lipinski definition) is 0. The number of hydrogen-bond acceptors (Lipinski definition) is 2. The van der Waals surface area contributed by atoms with Crippen LogP contribution in [0, 0.1) is 0 Å². The van der Waals surface area contributed by atoms with Crippen LogP contribution in [-0.4, -0.2) is 12.1 Å². The lowest BCUT2D eigenvalue weighted by atomic mass is 10.2. The summed E-state index contributed by atoms with van der Waals surface area (Å²) in [6.45, 7) is 0. The van der Waals surface area contributed by atoms with Crippen molar-refractivity contribution in [3.8, 4) is 5.75 Å². The number of benzene rings is 1. The molecule has 1 heterocycles. The van der Waals surface area contributed by atoms with Crippen LogP contribution in [0.15, 0.2) is 36.5 Å². The van der Waals surface area contributed by atoms with Crippen LogP contribution in [0.3, 0.4) is 0 Å². The normalized spacial score (nSPS) is 11.2. The minimum Gasteiger partial charge on any atom is -0.494 e. The van der Waals surface area contributed by atoms with Crippen LogP contribution in [0.1, 0.15) is 1.37 Å². The molecule has 2 aromatic rings. The zero-order valence-electron chi connectivity index (χ0n) is 7.74. The molecular formula is C10H9NO. The summed E-state index contributed by atoms with van der Waals surface area (Å²) in [4.78, 5) is 4.17. The summed E-state index contributed by atoms with van der Waals surface area (Å²) < 4.78 is 12.8. The molecule has 0 saturated heterocycles. The second kappa shape index (κ2) is 2.81. The van der Waals surface area contributed by atoms with E-state index in [1.165, 1.54) is 0 Å². The Hall–Kier alpha value is -1.57. The summed E-state index contributed by atoms with van der Waals surface area (Å²) in [5.74, 6) is 0.714. The Bertz CT molecular complexity index is 442. The van der Waals surface area contributed by atoms with E-state index in [4.69, 9.17) is 6.11 Å². The third kappa shape index (κ3) is 1.01. The SMILES string of the molecule is [2H]c1ccnc2c(OC)cccc12. The van der Waals surface area contributed by atoms with Gasteiger partial charge in [-0.1, -0.05) is 18.2 Å². The Morgan fingerprint density at radius 3 is 3.17 bits per heavy atom. The second-order valence-electron chi connectivity index (χ2n) is 2.45. The monoisotopic (exact) mass is 160 g/mol. The van der Waals surface area contributed by atoms with E-state index < -0.39 is 0 Å². The van der Waals surface area contributed by atoms with Gasteiger partial charge >= 0.3 is 0 Å². The van der Waals surface area contributed by atoms with Crippen molar-refractivity contribution < 1.29 is 6.11 Å². The fraction of sp³-hybridized carbons (Fsp3) is 0.100. The molecule has 0 radical (unpaired) electrons. The number of para-hydroxylation sites is 1. The third-order valence-corrected chi connectivity index (χ3v) is 1.74. The molecule has 0 N–H and O–H groups in total. The zero-order chi connectivity index (χ0) is 9.26. The molecule has 0 fully saturated rings. The second-order valence-corrected chi connectivity index (χ2v) is 2.45.